The molecule has 0 spiro atoms. The molecule has 0 saturated carbocycles. The van der Waals surface area contributed by atoms with Crippen molar-refractivity contribution in [2.75, 3.05) is 0 Å². The van der Waals surface area contributed by atoms with E-state index in [0.717, 1.165) is 21.4 Å². The van der Waals surface area contributed by atoms with Gasteiger partial charge >= 0.3 is 5.97 Å². The second-order valence-electron chi connectivity index (χ2n) is 6.92. The highest BCUT2D eigenvalue weighted by atomic mass is 16.4. The van der Waals surface area contributed by atoms with Gasteiger partial charge in [0, 0.05) is 0 Å². The van der Waals surface area contributed by atoms with Crippen molar-refractivity contribution in [3.8, 4) is 11.1 Å². The smallest absolute Gasteiger partial charge is 0.327 e. The SMILES string of the molecule is Cc1nn2c(nnc3c(=O)n(C(C(=O)O)C(C)C)cnc32)c1-c1ccccc1. The van der Waals surface area contributed by atoms with Crippen LogP contribution >= 0.6 is 0 Å². The van der Waals surface area contributed by atoms with Crippen LogP contribution in [0, 0.1) is 12.8 Å². The molecule has 28 heavy (non-hydrogen) atoms. The molecule has 3 heterocycles. The molecule has 0 bridgehead atoms. The number of carboxylic acid groups (broad SMARTS) is 1. The zero-order valence-corrected chi connectivity index (χ0v) is 15.6. The fraction of sp³-hybridized carbons (Fsp3) is 0.263. The zero-order chi connectivity index (χ0) is 20.0. The molecule has 0 saturated heterocycles. The van der Waals surface area contributed by atoms with Crippen molar-refractivity contribution >= 4 is 22.8 Å². The summed E-state index contributed by atoms with van der Waals surface area (Å²) in [6.45, 7) is 5.31. The number of rotatable bonds is 4. The molecule has 1 N–H and O–H groups in total. The highest BCUT2D eigenvalue weighted by Gasteiger charge is 2.26. The minimum atomic E-state index is -1.10. The number of hydrogen-bond acceptors (Lipinski definition) is 6. The average molecular weight is 378 g/mol. The number of nitrogens with zero attached hydrogens (tertiary/aromatic N) is 6. The van der Waals surface area contributed by atoms with E-state index in [1.54, 1.807) is 13.8 Å². The fourth-order valence-electron chi connectivity index (χ4n) is 3.41. The lowest BCUT2D eigenvalue weighted by Crippen LogP contribution is -2.34. The molecule has 3 aromatic heterocycles. The van der Waals surface area contributed by atoms with Gasteiger partial charge in [0.05, 0.1) is 11.3 Å². The number of aryl methyl sites for hydroxylation is 1. The lowest BCUT2D eigenvalue weighted by molar-refractivity contribution is -0.142. The summed E-state index contributed by atoms with van der Waals surface area (Å²) in [5.41, 5.74) is 2.61. The van der Waals surface area contributed by atoms with Crippen LogP contribution in [0.4, 0.5) is 0 Å². The van der Waals surface area contributed by atoms with Crippen molar-refractivity contribution in [1.29, 1.82) is 0 Å². The minimum absolute atomic E-state index is 0.0241. The van der Waals surface area contributed by atoms with Crippen LogP contribution in [0.25, 0.3) is 27.9 Å². The maximum atomic E-state index is 12.9. The summed E-state index contributed by atoms with van der Waals surface area (Å²) in [6.07, 6.45) is 1.24. The molecule has 0 fully saturated rings. The van der Waals surface area contributed by atoms with E-state index in [1.807, 2.05) is 37.3 Å². The molecule has 0 amide bonds. The number of aliphatic carboxylic acids is 1. The second-order valence-corrected chi connectivity index (χ2v) is 6.92. The third kappa shape index (κ3) is 2.63. The summed E-state index contributed by atoms with van der Waals surface area (Å²) in [4.78, 5) is 28.8. The number of fused-ring (bicyclic) bond motifs is 3. The Labute approximate surface area is 159 Å². The maximum absolute atomic E-state index is 12.9. The number of aromatic nitrogens is 6. The molecular weight excluding hydrogens is 360 g/mol. The first-order valence-corrected chi connectivity index (χ1v) is 8.81. The van der Waals surface area contributed by atoms with Crippen LogP contribution in [0.2, 0.25) is 0 Å². The van der Waals surface area contributed by atoms with Gasteiger partial charge in [0.15, 0.2) is 16.8 Å². The van der Waals surface area contributed by atoms with E-state index < -0.39 is 17.6 Å². The number of hydrogen-bond donors (Lipinski definition) is 1. The van der Waals surface area contributed by atoms with Gasteiger partial charge in [-0.25, -0.2) is 9.78 Å². The molecule has 1 unspecified atom stereocenters. The minimum Gasteiger partial charge on any atom is -0.480 e. The topological polar surface area (TPSA) is 115 Å². The Hall–Kier alpha value is -3.62. The Kier molecular flexibility index (Phi) is 4.14. The molecule has 1 atom stereocenters. The molecule has 9 nitrogen and oxygen atoms in total. The Balaban J connectivity index is 1.99. The first-order chi connectivity index (χ1) is 13.4. The largest absolute Gasteiger partial charge is 0.480 e. The predicted molar refractivity (Wildman–Crippen MR) is 102 cm³/mol. The van der Waals surface area contributed by atoms with Crippen LogP contribution in [-0.2, 0) is 4.79 Å². The van der Waals surface area contributed by atoms with Gasteiger partial charge in [-0.1, -0.05) is 44.2 Å². The Morgan fingerprint density at radius 2 is 1.82 bits per heavy atom. The molecule has 0 aliphatic carbocycles. The maximum Gasteiger partial charge on any atom is 0.327 e. The van der Waals surface area contributed by atoms with Crippen molar-refractivity contribution in [2.45, 2.75) is 26.8 Å². The first-order valence-electron chi connectivity index (χ1n) is 8.81. The normalized spacial score (nSPS) is 12.7. The zero-order valence-electron chi connectivity index (χ0n) is 15.6. The lowest BCUT2D eigenvalue weighted by atomic mass is 10.0. The van der Waals surface area contributed by atoms with Gasteiger partial charge in [0.2, 0.25) is 0 Å². The molecule has 0 radical (unpaired) electrons. The third-order valence-electron chi connectivity index (χ3n) is 4.68. The summed E-state index contributed by atoms with van der Waals surface area (Å²) in [6, 6.07) is 8.61. The quantitative estimate of drug-likeness (QED) is 0.578. The van der Waals surface area contributed by atoms with E-state index >= 15 is 0 Å². The van der Waals surface area contributed by atoms with Crippen LogP contribution in [0.1, 0.15) is 25.6 Å². The fourth-order valence-corrected chi connectivity index (χ4v) is 3.41. The monoisotopic (exact) mass is 378 g/mol. The molecule has 9 heteroatoms. The van der Waals surface area contributed by atoms with Crippen molar-refractivity contribution in [3.05, 3.63) is 52.7 Å². The highest BCUT2D eigenvalue weighted by Crippen LogP contribution is 2.27. The van der Waals surface area contributed by atoms with Crippen LogP contribution in [0.15, 0.2) is 41.5 Å². The summed E-state index contributed by atoms with van der Waals surface area (Å²) >= 11 is 0. The van der Waals surface area contributed by atoms with Gasteiger partial charge in [-0.2, -0.15) is 9.61 Å². The van der Waals surface area contributed by atoms with Crippen LogP contribution in [0.3, 0.4) is 0 Å². The molecule has 0 aliphatic rings. The molecule has 4 rings (SSSR count). The van der Waals surface area contributed by atoms with E-state index in [4.69, 9.17) is 0 Å². The van der Waals surface area contributed by atoms with Crippen molar-refractivity contribution in [3.63, 3.8) is 0 Å². The predicted octanol–water partition coefficient (Wildman–Crippen LogP) is 2.09. The van der Waals surface area contributed by atoms with Crippen LogP contribution in [-0.4, -0.2) is 40.4 Å². The Morgan fingerprint density at radius 3 is 2.46 bits per heavy atom. The number of carbonyl (C=O) groups is 1. The van der Waals surface area contributed by atoms with Gasteiger partial charge in [-0.15, -0.1) is 10.2 Å². The van der Waals surface area contributed by atoms with Gasteiger partial charge in [-0.3, -0.25) is 9.36 Å². The molecular formula is C19H18N6O3. The summed E-state index contributed by atoms with van der Waals surface area (Å²) in [5, 5.41) is 22.3. The van der Waals surface area contributed by atoms with Gasteiger partial charge in [0.25, 0.3) is 5.56 Å². The van der Waals surface area contributed by atoms with E-state index in [-0.39, 0.29) is 17.1 Å². The number of carboxylic acids is 1. The molecule has 4 aromatic rings. The van der Waals surface area contributed by atoms with Crippen LogP contribution < -0.4 is 5.56 Å². The van der Waals surface area contributed by atoms with E-state index in [0.29, 0.717) is 5.65 Å². The first kappa shape index (κ1) is 17.8. The molecule has 1 aromatic carbocycles. The Bertz CT molecular complexity index is 1260. The third-order valence-corrected chi connectivity index (χ3v) is 4.68. The molecule has 0 aliphatic heterocycles. The van der Waals surface area contributed by atoms with Gasteiger partial charge < -0.3 is 5.11 Å². The lowest BCUT2D eigenvalue weighted by Gasteiger charge is -2.18. The van der Waals surface area contributed by atoms with Gasteiger partial charge in [-0.05, 0) is 18.4 Å². The summed E-state index contributed by atoms with van der Waals surface area (Å²) in [5.74, 6) is -1.41. The van der Waals surface area contributed by atoms with E-state index in [1.165, 1.54) is 10.8 Å². The molecule has 142 valence electrons. The highest BCUT2D eigenvalue weighted by molar-refractivity contribution is 5.83. The van der Waals surface area contributed by atoms with E-state index in [9.17, 15) is 14.7 Å². The van der Waals surface area contributed by atoms with Crippen molar-refractivity contribution in [1.82, 2.24) is 29.4 Å². The standard InChI is InChI=1S/C19H18N6O3/c1-10(2)15(19(27)28)24-9-20-17-14(18(24)26)21-22-16-13(11(3)23-25(16)17)12-7-5-4-6-8-12/h4-10,15H,1-3H3,(H,27,28). The average Bonchev–Trinajstić information content (AvgIpc) is 3.00. The summed E-state index contributed by atoms with van der Waals surface area (Å²) < 4.78 is 2.57. The number of benzene rings is 1. The second kappa shape index (κ2) is 6.52. The summed E-state index contributed by atoms with van der Waals surface area (Å²) in [7, 11) is 0. The van der Waals surface area contributed by atoms with E-state index in [2.05, 4.69) is 20.3 Å². The van der Waals surface area contributed by atoms with Crippen LogP contribution in [0.5, 0.6) is 0 Å². The van der Waals surface area contributed by atoms with Crippen molar-refractivity contribution in [2.24, 2.45) is 5.92 Å². The van der Waals surface area contributed by atoms with Crippen molar-refractivity contribution < 1.29 is 9.90 Å². The Morgan fingerprint density at radius 1 is 1.11 bits per heavy atom. The van der Waals surface area contributed by atoms with Gasteiger partial charge in [0.1, 0.15) is 12.4 Å².